The molecule has 1 aromatic heterocycles. The Kier molecular flexibility index (Phi) is 4.01. The first-order valence-corrected chi connectivity index (χ1v) is 7.57. The number of benzene rings is 1. The van der Waals surface area contributed by atoms with E-state index < -0.39 is 5.92 Å². The van der Waals surface area contributed by atoms with Gasteiger partial charge < -0.3 is 15.0 Å². The molecule has 1 fully saturated rings. The van der Waals surface area contributed by atoms with Gasteiger partial charge >= 0.3 is 0 Å². The zero-order valence-electron chi connectivity index (χ0n) is 11.9. The Hall–Kier alpha value is -2.48. The van der Waals surface area contributed by atoms with E-state index in [4.69, 9.17) is 4.74 Å². The third-order valence-electron chi connectivity index (χ3n) is 3.47. The third-order valence-corrected chi connectivity index (χ3v) is 4.08. The van der Waals surface area contributed by atoms with Crippen LogP contribution in [0.4, 0.5) is 10.8 Å². The maximum absolute atomic E-state index is 12.2. The van der Waals surface area contributed by atoms with E-state index in [1.165, 1.54) is 11.3 Å². The molecule has 0 spiro atoms. The number of rotatable bonds is 4. The predicted molar refractivity (Wildman–Crippen MR) is 82.0 cm³/mol. The van der Waals surface area contributed by atoms with Crippen molar-refractivity contribution in [3.05, 3.63) is 29.8 Å². The van der Waals surface area contributed by atoms with Crippen molar-refractivity contribution in [3.8, 4) is 5.75 Å². The van der Waals surface area contributed by atoms with Crippen LogP contribution in [0.15, 0.2) is 29.8 Å². The van der Waals surface area contributed by atoms with Gasteiger partial charge in [-0.2, -0.15) is 0 Å². The number of hydrogen-bond acceptors (Lipinski definition) is 6. The van der Waals surface area contributed by atoms with E-state index in [1.54, 1.807) is 29.7 Å². The van der Waals surface area contributed by atoms with Crippen LogP contribution in [-0.2, 0) is 9.59 Å². The summed E-state index contributed by atoms with van der Waals surface area (Å²) in [5, 5.41) is 10.6. The summed E-state index contributed by atoms with van der Waals surface area (Å²) in [5.41, 5.74) is 2.30. The van der Waals surface area contributed by atoms with Crippen LogP contribution in [0.3, 0.4) is 0 Å². The van der Waals surface area contributed by atoms with Gasteiger partial charge in [0, 0.05) is 18.7 Å². The van der Waals surface area contributed by atoms with Crippen molar-refractivity contribution < 1.29 is 14.3 Å². The van der Waals surface area contributed by atoms with E-state index in [1.807, 2.05) is 12.1 Å². The lowest BCUT2D eigenvalue weighted by Gasteiger charge is -2.16. The molecule has 1 aromatic carbocycles. The molecule has 1 saturated heterocycles. The van der Waals surface area contributed by atoms with Crippen LogP contribution in [0.5, 0.6) is 5.75 Å². The summed E-state index contributed by atoms with van der Waals surface area (Å²) in [7, 11) is 1.59. The van der Waals surface area contributed by atoms with Gasteiger partial charge in [-0.15, -0.1) is 10.2 Å². The second-order valence-corrected chi connectivity index (χ2v) is 5.67. The molecule has 2 heterocycles. The quantitative estimate of drug-likeness (QED) is 0.924. The molecule has 22 heavy (non-hydrogen) atoms. The van der Waals surface area contributed by atoms with Crippen LogP contribution >= 0.6 is 11.3 Å². The number of aromatic nitrogens is 2. The first kappa shape index (κ1) is 14.5. The normalized spacial score (nSPS) is 17.6. The number of hydrogen-bond donors (Lipinski definition) is 1. The van der Waals surface area contributed by atoms with Gasteiger partial charge in [0.2, 0.25) is 16.9 Å². The maximum atomic E-state index is 12.2. The minimum atomic E-state index is -0.390. The smallest absolute Gasteiger partial charge is 0.231 e. The maximum Gasteiger partial charge on any atom is 0.231 e. The van der Waals surface area contributed by atoms with Gasteiger partial charge in [0.1, 0.15) is 11.3 Å². The molecule has 1 aliphatic heterocycles. The Labute approximate surface area is 130 Å². The van der Waals surface area contributed by atoms with Crippen LogP contribution in [0.25, 0.3) is 0 Å². The first-order chi connectivity index (χ1) is 10.7. The highest BCUT2D eigenvalue weighted by molar-refractivity contribution is 7.13. The third kappa shape index (κ3) is 2.91. The summed E-state index contributed by atoms with van der Waals surface area (Å²) in [6, 6.07) is 7.19. The predicted octanol–water partition coefficient (Wildman–Crippen LogP) is 1.54. The molecule has 7 nitrogen and oxygen atoms in total. The van der Waals surface area contributed by atoms with Crippen LogP contribution in [-0.4, -0.2) is 35.7 Å². The second-order valence-electron chi connectivity index (χ2n) is 4.84. The fourth-order valence-electron chi connectivity index (χ4n) is 2.33. The Morgan fingerprint density at radius 3 is 2.82 bits per heavy atom. The summed E-state index contributed by atoms with van der Waals surface area (Å²) >= 11 is 1.25. The fourth-order valence-corrected chi connectivity index (χ4v) is 2.78. The number of nitrogens with zero attached hydrogens (tertiary/aromatic N) is 3. The van der Waals surface area contributed by atoms with Crippen LogP contribution < -0.4 is 15.0 Å². The van der Waals surface area contributed by atoms with E-state index in [-0.39, 0.29) is 18.2 Å². The SMILES string of the molecule is COc1ccc(N2CC(C(=O)Nc3nncs3)CC2=O)cc1. The van der Waals surface area contributed by atoms with Crippen molar-refractivity contribution in [2.75, 3.05) is 23.9 Å². The molecule has 2 amide bonds. The van der Waals surface area contributed by atoms with Gasteiger partial charge in [0.05, 0.1) is 13.0 Å². The molecular weight excluding hydrogens is 304 g/mol. The molecule has 3 rings (SSSR count). The van der Waals surface area contributed by atoms with Crippen molar-refractivity contribution >= 4 is 34.0 Å². The molecule has 1 N–H and O–H groups in total. The van der Waals surface area contributed by atoms with Crippen LogP contribution in [0.2, 0.25) is 0 Å². The summed E-state index contributed by atoms with van der Waals surface area (Å²) in [4.78, 5) is 25.9. The Morgan fingerprint density at radius 2 is 2.18 bits per heavy atom. The van der Waals surface area contributed by atoms with Gasteiger partial charge in [-0.05, 0) is 24.3 Å². The number of carbonyl (C=O) groups is 2. The van der Waals surface area contributed by atoms with Crippen LogP contribution in [0, 0.1) is 5.92 Å². The number of nitrogens with one attached hydrogen (secondary N) is 1. The van der Waals surface area contributed by atoms with Gasteiger partial charge in [-0.3, -0.25) is 9.59 Å². The molecule has 0 aliphatic carbocycles. The van der Waals surface area contributed by atoms with E-state index in [0.717, 1.165) is 11.4 Å². The monoisotopic (exact) mass is 318 g/mol. The Bertz CT molecular complexity index is 672. The molecule has 8 heteroatoms. The van der Waals surface area contributed by atoms with Crippen molar-refractivity contribution in [1.82, 2.24) is 10.2 Å². The Balaban J connectivity index is 1.68. The number of amides is 2. The number of anilines is 2. The van der Waals surface area contributed by atoms with Gasteiger partial charge in [-0.25, -0.2) is 0 Å². The standard InChI is InChI=1S/C14H14N4O3S/c1-21-11-4-2-10(3-5-11)18-7-9(6-12(18)19)13(20)16-14-17-15-8-22-14/h2-5,8-9H,6-7H2,1H3,(H,16,17,20). The summed E-state index contributed by atoms with van der Waals surface area (Å²) in [5.74, 6) is 0.0585. The van der Waals surface area contributed by atoms with E-state index >= 15 is 0 Å². The lowest BCUT2D eigenvalue weighted by Crippen LogP contribution is -2.28. The van der Waals surface area contributed by atoms with E-state index in [2.05, 4.69) is 15.5 Å². The van der Waals surface area contributed by atoms with Crippen molar-refractivity contribution in [2.45, 2.75) is 6.42 Å². The highest BCUT2D eigenvalue weighted by atomic mass is 32.1. The highest BCUT2D eigenvalue weighted by Gasteiger charge is 2.35. The molecule has 1 aliphatic rings. The largest absolute Gasteiger partial charge is 0.497 e. The average Bonchev–Trinajstić information content (AvgIpc) is 3.17. The molecule has 1 unspecified atom stereocenters. The zero-order valence-corrected chi connectivity index (χ0v) is 12.7. The van der Waals surface area contributed by atoms with E-state index in [0.29, 0.717) is 11.7 Å². The molecule has 0 radical (unpaired) electrons. The molecule has 0 saturated carbocycles. The molecule has 1 atom stereocenters. The second kappa shape index (κ2) is 6.10. The number of methoxy groups -OCH3 is 1. The molecule has 2 aromatic rings. The lowest BCUT2D eigenvalue weighted by atomic mass is 10.1. The topological polar surface area (TPSA) is 84.4 Å². The number of ether oxygens (including phenoxy) is 1. The summed E-state index contributed by atoms with van der Waals surface area (Å²) < 4.78 is 5.10. The Morgan fingerprint density at radius 1 is 1.41 bits per heavy atom. The van der Waals surface area contributed by atoms with Gasteiger partial charge in [0.25, 0.3) is 0 Å². The summed E-state index contributed by atoms with van der Waals surface area (Å²) in [6.45, 7) is 0.357. The molecular formula is C14H14N4O3S. The van der Waals surface area contributed by atoms with Crippen molar-refractivity contribution in [3.63, 3.8) is 0 Å². The fraction of sp³-hybridized carbons (Fsp3) is 0.286. The highest BCUT2D eigenvalue weighted by Crippen LogP contribution is 2.27. The van der Waals surface area contributed by atoms with Crippen molar-refractivity contribution in [2.24, 2.45) is 5.92 Å². The minimum absolute atomic E-state index is 0.0671. The molecule has 0 bridgehead atoms. The van der Waals surface area contributed by atoms with Gasteiger partial charge in [0.15, 0.2) is 0 Å². The van der Waals surface area contributed by atoms with Crippen LogP contribution in [0.1, 0.15) is 6.42 Å². The zero-order chi connectivity index (χ0) is 15.5. The van der Waals surface area contributed by atoms with Gasteiger partial charge in [-0.1, -0.05) is 11.3 Å². The first-order valence-electron chi connectivity index (χ1n) is 6.69. The summed E-state index contributed by atoms with van der Waals surface area (Å²) in [6.07, 6.45) is 0.191. The van der Waals surface area contributed by atoms with E-state index in [9.17, 15) is 9.59 Å². The average molecular weight is 318 g/mol. The lowest BCUT2D eigenvalue weighted by molar-refractivity contribution is -0.122. The number of carbonyl (C=O) groups excluding carboxylic acids is 2. The molecule has 114 valence electrons. The van der Waals surface area contributed by atoms with Crippen molar-refractivity contribution in [1.29, 1.82) is 0 Å². The minimum Gasteiger partial charge on any atom is -0.497 e.